The van der Waals surface area contributed by atoms with Crippen LogP contribution in [0.5, 0.6) is 5.75 Å². The van der Waals surface area contributed by atoms with E-state index in [9.17, 15) is 9.59 Å². The molecule has 5 heteroatoms. The van der Waals surface area contributed by atoms with Crippen LogP contribution in [0.4, 0.5) is 0 Å². The Balaban J connectivity index is 1.97. The van der Waals surface area contributed by atoms with Crippen LogP contribution in [-0.4, -0.2) is 25.5 Å². The van der Waals surface area contributed by atoms with Gasteiger partial charge in [-0.1, -0.05) is 34.1 Å². The van der Waals surface area contributed by atoms with Crippen molar-refractivity contribution >= 4 is 27.7 Å². The Kier molecular flexibility index (Phi) is 5.11. The van der Waals surface area contributed by atoms with Gasteiger partial charge in [-0.3, -0.25) is 4.79 Å². The summed E-state index contributed by atoms with van der Waals surface area (Å²) in [6.07, 6.45) is 0. The van der Waals surface area contributed by atoms with Crippen LogP contribution in [0.2, 0.25) is 0 Å². The summed E-state index contributed by atoms with van der Waals surface area (Å²) in [6, 6.07) is 13.5. The lowest BCUT2D eigenvalue weighted by molar-refractivity contribution is 0.0474. The third kappa shape index (κ3) is 3.92. The first kappa shape index (κ1) is 15.3. The van der Waals surface area contributed by atoms with Gasteiger partial charge in [-0.2, -0.15) is 0 Å². The average Bonchev–Trinajstić information content (AvgIpc) is 2.52. The van der Waals surface area contributed by atoms with Crippen LogP contribution >= 0.6 is 15.9 Å². The number of esters is 1. The molecule has 0 saturated carbocycles. The molecule has 0 bridgehead atoms. The van der Waals surface area contributed by atoms with Crippen molar-refractivity contribution in [2.24, 2.45) is 0 Å². The van der Waals surface area contributed by atoms with Crippen molar-refractivity contribution in [2.45, 2.75) is 0 Å². The van der Waals surface area contributed by atoms with E-state index in [1.54, 1.807) is 49.6 Å². The van der Waals surface area contributed by atoms with Crippen LogP contribution in [-0.2, 0) is 4.74 Å². The molecule has 2 aromatic carbocycles. The van der Waals surface area contributed by atoms with Crippen molar-refractivity contribution < 1.29 is 19.1 Å². The highest BCUT2D eigenvalue weighted by Crippen LogP contribution is 2.17. The van der Waals surface area contributed by atoms with E-state index in [0.717, 1.165) is 0 Å². The van der Waals surface area contributed by atoms with E-state index in [4.69, 9.17) is 9.47 Å². The molecule has 21 heavy (non-hydrogen) atoms. The van der Waals surface area contributed by atoms with E-state index in [-0.39, 0.29) is 12.4 Å². The van der Waals surface area contributed by atoms with E-state index in [1.807, 2.05) is 6.07 Å². The molecule has 2 rings (SSSR count). The van der Waals surface area contributed by atoms with Gasteiger partial charge in [-0.05, 0) is 30.3 Å². The molecule has 0 N–H and O–H groups in total. The van der Waals surface area contributed by atoms with E-state index in [0.29, 0.717) is 21.3 Å². The largest absolute Gasteiger partial charge is 0.497 e. The number of carbonyl (C=O) groups excluding carboxylic acids is 2. The highest BCUT2D eigenvalue weighted by molar-refractivity contribution is 9.10. The molecule has 0 aliphatic heterocycles. The van der Waals surface area contributed by atoms with Crippen molar-refractivity contribution in [1.82, 2.24) is 0 Å². The van der Waals surface area contributed by atoms with Gasteiger partial charge in [0.15, 0.2) is 6.61 Å². The van der Waals surface area contributed by atoms with E-state index in [2.05, 4.69) is 15.9 Å². The molecule has 0 aliphatic rings. The fourth-order valence-corrected chi connectivity index (χ4v) is 2.21. The molecule has 0 unspecified atom stereocenters. The standard InChI is InChI=1S/C16H13BrO4/c1-20-12-8-6-11(7-9-12)16(19)21-10-15(18)13-4-2-3-5-14(13)17/h2-9H,10H2,1H3. The number of Topliss-reactive ketones (excluding diaryl/α,β-unsaturated/α-hetero) is 1. The van der Waals surface area contributed by atoms with Gasteiger partial charge in [0.05, 0.1) is 12.7 Å². The number of rotatable bonds is 5. The molecule has 0 fully saturated rings. The Labute approximate surface area is 130 Å². The monoisotopic (exact) mass is 348 g/mol. The normalized spacial score (nSPS) is 10.0. The first-order valence-corrected chi connectivity index (χ1v) is 7.00. The Hall–Kier alpha value is -2.14. The van der Waals surface area contributed by atoms with E-state index in [1.165, 1.54) is 0 Å². The summed E-state index contributed by atoms with van der Waals surface area (Å²) >= 11 is 3.29. The van der Waals surface area contributed by atoms with Gasteiger partial charge < -0.3 is 9.47 Å². The number of ether oxygens (including phenoxy) is 2. The molecule has 0 atom stereocenters. The maximum Gasteiger partial charge on any atom is 0.338 e. The molecular weight excluding hydrogens is 336 g/mol. The molecule has 0 saturated heterocycles. The maximum atomic E-state index is 12.0. The first-order chi connectivity index (χ1) is 10.1. The number of benzene rings is 2. The third-order valence-corrected chi connectivity index (χ3v) is 3.53. The summed E-state index contributed by atoms with van der Waals surface area (Å²) < 4.78 is 10.7. The molecule has 0 aromatic heterocycles. The second kappa shape index (κ2) is 7.04. The zero-order chi connectivity index (χ0) is 15.2. The Bertz CT molecular complexity index is 650. The molecule has 0 heterocycles. The zero-order valence-corrected chi connectivity index (χ0v) is 12.9. The molecular formula is C16H13BrO4. The second-order valence-corrected chi connectivity index (χ2v) is 5.06. The fourth-order valence-electron chi connectivity index (χ4n) is 1.71. The summed E-state index contributed by atoms with van der Waals surface area (Å²) in [5, 5.41) is 0. The van der Waals surface area contributed by atoms with Crippen LogP contribution in [0.15, 0.2) is 53.0 Å². The van der Waals surface area contributed by atoms with Crippen molar-refractivity contribution in [3.63, 3.8) is 0 Å². The van der Waals surface area contributed by atoms with E-state index >= 15 is 0 Å². The lowest BCUT2D eigenvalue weighted by Gasteiger charge is -2.06. The van der Waals surface area contributed by atoms with Crippen molar-refractivity contribution in [3.05, 3.63) is 64.1 Å². The molecule has 0 radical (unpaired) electrons. The average molecular weight is 349 g/mol. The predicted molar refractivity (Wildman–Crippen MR) is 81.7 cm³/mol. The maximum absolute atomic E-state index is 12.0. The van der Waals surface area contributed by atoms with Gasteiger partial charge >= 0.3 is 5.97 Å². The SMILES string of the molecule is COc1ccc(C(=O)OCC(=O)c2ccccc2Br)cc1. The first-order valence-electron chi connectivity index (χ1n) is 6.20. The summed E-state index contributed by atoms with van der Waals surface area (Å²) in [6.45, 7) is -0.298. The van der Waals surface area contributed by atoms with Crippen LogP contribution in [0.1, 0.15) is 20.7 Å². The molecule has 0 spiro atoms. The van der Waals surface area contributed by atoms with Gasteiger partial charge in [-0.25, -0.2) is 4.79 Å². The minimum Gasteiger partial charge on any atom is -0.497 e. The fraction of sp³-hybridized carbons (Fsp3) is 0.125. The molecule has 2 aromatic rings. The minimum atomic E-state index is -0.543. The van der Waals surface area contributed by atoms with Crippen molar-refractivity contribution in [2.75, 3.05) is 13.7 Å². The lowest BCUT2D eigenvalue weighted by Crippen LogP contribution is -2.14. The quantitative estimate of drug-likeness (QED) is 0.613. The summed E-state index contributed by atoms with van der Waals surface area (Å²) in [4.78, 5) is 23.8. The number of ketones is 1. The van der Waals surface area contributed by atoms with Crippen LogP contribution in [0.25, 0.3) is 0 Å². The smallest absolute Gasteiger partial charge is 0.338 e. The Morgan fingerprint density at radius 3 is 2.33 bits per heavy atom. The lowest BCUT2D eigenvalue weighted by atomic mass is 10.1. The minimum absolute atomic E-state index is 0.260. The van der Waals surface area contributed by atoms with Gasteiger partial charge in [0.1, 0.15) is 5.75 Å². The molecule has 0 aliphatic carbocycles. The van der Waals surface area contributed by atoms with Crippen LogP contribution in [0.3, 0.4) is 0 Å². The highest BCUT2D eigenvalue weighted by Gasteiger charge is 2.13. The van der Waals surface area contributed by atoms with Gasteiger partial charge in [0.2, 0.25) is 5.78 Å². The van der Waals surface area contributed by atoms with Crippen LogP contribution < -0.4 is 4.74 Å². The number of halogens is 1. The predicted octanol–water partition coefficient (Wildman–Crippen LogP) is 3.50. The number of hydrogen-bond acceptors (Lipinski definition) is 4. The molecule has 4 nitrogen and oxygen atoms in total. The summed E-state index contributed by atoms with van der Waals surface area (Å²) in [5.74, 6) is -0.154. The van der Waals surface area contributed by atoms with E-state index < -0.39 is 5.97 Å². The zero-order valence-electron chi connectivity index (χ0n) is 11.3. The van der Waals surface area contributed by atoms with Gasteiger partial charge in [-0.15, -0.1) is 0 Å². The Morgan fingerprint density at radius 1 is 1.05 bits per heavy atom. The second-order valence-electron chi connectivity index (χ2n) is 4.21. The van der Waals surface area contributed by atoms with Crippen LogP contribution in [0, 0.1) is 0 Å². The van der Waals surface area contributed by atoms with Crippen molar-refractivity contribution in [1.29, 1.82) is 0 Å². The summed E-state index contributed by atoms with van der Waals surface area (Å²) in [7, 11) is 1.55. The number of hydrogen-bond donors (Lipinski definition) is 0. The van der Waals surface area contributed by atoms with Gasteiger partial charge in [0.25, 0.3) is 0 Å². The topological polar surface area (TPSA) is 52.6 Å². The Morgan fingerprint density at radius 2 is 1.71 bits per heavy atom. The number of carbonyl (C=O) groups is 2. The van der Waals surface area contributed by atoms with Crippen molar-refractivity contribution in [3.8, 4) is 5.75 Å². The number of methoxy groups -OCH3 is 1. The molecule has 108 valence electrons. The third-order valence-electron chi connectivity index (χ3n) is 2.83. The van der Waals surface area contributed by atoms with Gasteiger partial charge in [0, 0.05) is 10.0 Å². The summed E-state index contributed by atoms with van der Waals surface area (Å²) in [5.41, 5.74) is 0.857. The molecule has 0 amide bonds. The highest BCUT2D eigenvalue weighted by atomic mass is 79.9.